The maximum absolute atomic E-state index is 6.07. The van der Waals surface area contributed by atoms with Gasteiger partial charge in [0, 0.05) is 0 Å². The summed E-state index contributed by atoms with van der Waals surface area (Å²) >= 11 is 0. The maximum atomic E-state index is 6.07. The van der Waals surface area contributed by atoms with Crippen molar-refractivity contribution in [2.45, 2.75) is 18.9 Å². The van der Waals surface area contributed by atoms with Crippen LogP contribution in [0.4, 0.5) is 0 Å². The Kier molecular flexibility index (Phi) is 6.84. The molecule has 0 spiro atoms. The molecule has 1 aliphatic carbocycles. The lowest BCUT2D eigenvalue weighted by molar-refractivity contribution is 0.134. The van der Waals surface area contributed by atoms with Crippen LogP contribution in [0.15, 0.2) is 97.1 Å². The molecule has 4 N–H and O–H groups in total. The maximum Gasteiger partial charge on any atom is 0.182 e. The first-order valence-corrected chi connectivity index (χ1v) is 11.6. The average Bonchev–Trinajstić information content (AvgIpc) is 3.24. The lowest BCUT2D eigenvalue weighted by Crippen LogP contribution is -2.33. The number of para-hydroxylation sites is 2. The van der Waals surface area contributed by atoms with Crippen LogP contribution in [-0.2, 0) is 6.42 Å². The van der Waals surface area contributed by atoms with Crippen LogP contribution < -0.4 is 30.4 Å². The van der Waals surface area contributed by atoms with Gasteiger partial charge in [-0.25, -0.2) is 0 Å². The van der Waals surface area contributed by atoms with Gasteiger partial charge in [-0.05, 0) is 77.2 Å². The molecule has 0 bridgehead atoms. The summed E-state index contributed by atoms with van der Waals surface area (Å²) in [7, 11) is 0. The fourth-order valence-corrected chi connectivity index (χ4v) is 4.12. The highest BCUT2D eigenvalue weighted by Gasteiger charge is 2.20. The number of benzene rings is 4. The van der Waals surface area contributed by atoms with Gasteiger partial charge in [0.15, 0.2) is 12.5 Å². The molecule has 0 saturated heterocycles. The van der Waals surface area contributed by atoms with E-state index in [1.54, 1.807) is 0 Å². The molecule has 0 fully saturated rings. The Labute approximate surface area is 205 Å². The van der Waals surface area contributed by atoms with E-state index in [-0.39, 0.29) is 13.2 Å². The summed E-state index contributed by atoms with van der Waals surface area (Å²) in [6.07, 6.45) is -0.308. The number of rotatable bonds is 10. The molecule has 4 aromatic rings. The van der Waals surface area contributed by atoms with E-state index < -0.39 is 12.5 Å². The fourth-order valence-electron chi connectivity index (χ4n) is 4.12. The minimum Gasteiger partial charge on any atom is -0.488 e. The Morgan fingerprint density at radius 3 is 1.40 bits per heavy atom. The SMILES string of the molecule is NC(COc1ccc2c(c1)Cc1cc(OCC(N)Oc3ccccc3)ccc1-2)Oc1ccccc1. The van der Waals surface area contributed by atoms with Crippen LogP contribution >= 0.6 is 0 Å². The van der Waals surface area contributed by atoms with Gasteiger partial charge >= 0.3 is 0 Å². The van der Waals surface area contributed by atoms with E-state index >= 15 is 0 Å². The van der Waals surface area contributed by atoms with E-state index in [0.29, 0.717) is 0 Å². The topological polar surface area (TPSA) is 89.0 Å². The minimum absolute atomic E-state index is 0.254. The van der Waals surface area contributed by atoms with Gasteiger partial charge in [0.25, 0.3) is 0 Å². The summed E-state index contributed by atoms with van der Waals surface area (Å²) in [6, 6.07) is 31.2. The first-order chi connectivity index (χ1) is 17.1. The second kappa shape index (κ2) is 10.5. The molecule has 2 atom stereocenters. The molecular weight excluding hydrogens is 440 g/mol. The third-order valence-corrected chi connectivity index (χ3v) is 5.71. The third kappa shape index (κ3) is 5.74. The Morgan fingerprint density at radius 2 is 0.971 bits per heavy atom. The molecule has 4 aromatic carbocycles. The molecule has 6 nitrogen and oxygen atoms in total. The highest BCUT2D eigenvalue weighted by atomic mass is 16.5. The van der Waals surface area contributed by atoms with Crippen LogP contribution in [0.25, 0.3) is 11.1 Å². The summed E-state index contributed by atoms with van der Waals surface area (Å²) in [5.41, 5.74) is 16.9. The van der Waals surface area contributed by atoms with Crippen molar-refractivity contribution in [3.05, 3.63) is 108 Å². The first-order valence-electron chi connectivity index (χ1n) is 11.6. The van der Waals surface area contributed by atoms with Crippen LogP contribution in [0.1, 0.15) is 11.1 Å². The van der Waals surface area contributed by atoms with Crippen LogP contribution in [0.5, 0.6) is 23.0 Å². The van der Waals surface area contributed by atoms with Crippen molar-refractivity contribution in [3.63, 3.8) is 0 Å². The Morgan fingerprint density at radius 1 is 0.543 bits per heavy atom. The van der Waals surface area contributed by atoms with Gasteiger partial charge in [0.2, 0.25) is 0 Å². The van der Waals surface area contributed by atoms with Crippen molar-refractivity contribution in [3.8, 4) is 34.1 Å². The molecule has 0 amide bonds. The van der Waals surface area contributed by atoms with Gasteiger partial charge in [0.05, 0.1) is 0 Å². The average molecular weight is 469 g/mol. The fraction of sp³-hybridized carbons (Fsp3) is 0.172. The van der Waals surface area contributed by atoms with Crippen LogP contribution in [0.3, 0.4) is 0 Å². The van der Waals surface area contributed by atoms with E-state index in [1.807, 2.05) is 72.8 Å². The predicted octanol–water partition coefficient (Wildman–Crippen LogP) is 4.74. The molecule has 1 aliphatic rings. The van der Waals surface area contributed by atoms with E-state index in [1.165, 1.54) is 22.3 Å². The second-order valence-corrected chi connectivity index (χ2v) is 8.38. The molecule has 0 saturated carbocycles. The highest BCUT2D eigenvalue weighted by molar-refractivity contribution is 5.78. The lowest BCUT2D eigenvalue weighted by Gasteiger charge is -2.16. The van der Waals surface area contributed by atoms with Gasteiger partial charge < -0.3 is 18.9 Å². The van der Waals surface area contributed by atoms with Crippen LogP contribution in [0, 0.1) is 0 Å². The summed E-state index contributed by atoms with van der Waals surface area (Å²) in [5.74, 6) is 2.98. The van der Waals surface area contributed by atoms with E-state index in [2.05, 4.69) is 24.3 Å². The number of hydrogen-bond acceptors (Lipinski definition) is 6. The highest BCUT2D eigenvalue weighted by Crippen LogP contribution is 2.40. The van der Waals surface area contributed by atoms with Crippen LogP contribution in [-0.4, -0.2) is 25.7 Å². The lowest BCUT2D eigenvalue weighted by atomic mass is 10.1. The van der Waals surface area contributed by atoms with Crippen LogP contribution in [0.2, 0.25) is 0 Å². The quantitative estimate of drug-likeness (QED) is 0.288. The Bertz CT molecular complexity index is 1170. The number of ether oxygens (including phenoxy) is 4. The second-order valence-electron chi connectivity index (χ2n) is 8.38. The van der Waals surface area contributed by atoms with E-state index in [0.717, 1.165) is 29.4 Å². The first kappa shape index (κ1) is 22.8. The van der Waals surface area contributed by atoms with Gasteiger partial charge in [-0.2, -0.15) is 0 Å². The van der Waals surface area contributed by atoms with Gasteiger partial charge in [-0.1, -0.05) is 48.5 Å². The summed E-state index contributed by atoms with van der Waals surface area (Å²) in [6.45, 7) is 0.508. The molecule has 178 valence electrons. The van der Waals surface area contributed by atoms with Crippen molar-refractivity contribution in [2.75, 3.05) is 13.2 Å². The van der Waals surface area contributed by atoms with E-state index in [4.69, 9.17) is 30.4 Å². The third-order valence-electron chi connectivity index (χ3n) is 5.71. The van der Waals surface area contributed by atoms with Crippen molar-refractivity contribution < 1.29 is 18.9 Å². The smallest absolute Gasteiger partial charge is 0.182 e. The zero-order chi connectivity index (χ0) is 24.0. The van der Waals surface area contributed by atoms with Gasteiger partial charge in [-0.3, -0.25) is 11.5 Å². The molecular formula is C29H28N2O4. The number of hydrogen-bond donors (Lipinski definition) is 2. The molecule has 0 heterocycles. The molecule has 6 heteroatoms. The van der Waals surface area contributed by atoms with Gasteiger partial charge in [-0.15, -0.1) is 0 Å². The van der Waals surface area contributed by atoms with Crippen molar-refractivity contribution in [1.29, 1.82) is 0 Å². The molecule has 5 rings (SSSR count). The van der Waals surface area contributed by atoms with Crippen molar-refractivity contribution in [2.24, 2.45) is 11.5 Å². The largest absolute Gasteiger partial charge is 0.488 e. The molecule has 2 unspecified atom stereocenters. The normalized spacial score (nSPS) is 13.3. The number of nitrogens with two attached hydrogens (primary N) is 2. The van der Waals surface area contributed by atoms with Crippen molar-refractivity contribution >= 4 is 0 Å². The number of fused-ring (bicyclic) bond motifs is 3. The summed E-state index contributed by atoms with van der Waals surface area (Å²) in [4.78, 5) is 0. The molecule has 0 aromatic heterocycles. The van der Waals surface area contributed by atoms with Gasteiger partial charge in [0.1, 0.15) is 36.2 Å². The standard InChI is InChI=1S/C29H28N2O4/c30-28(34-22-7-3-1-4-8-22)18-32-24-11-13-26-20(16-24)15-21-17-25(12-14-27(21)26)33-19-29(31)35-23-9-5-2-6-10-23/h1-14,16-17,28-29H,15,18-19,30-31H2. The Balaban J connectivity index is 1.16. The predicted molar refractivity (Wildman–Crippen MR) is 136 cm³/mol. The zero-order valence-electron chi connectivity index (χ0n) is 19.3. The zero-order valence-corrected chi connectivity index (χ0v) is 19.3. The summed E-state index contributed by atoms with van der Waals surface area (Å²) in [5, 5.41) is 0. The summed E-state index contributed by atoms with van der Waals surface area (Å²) < 4.78 is 23.2. The van der Waals surface area contributed by atoms with Crippen molar-refractivity contribution in [1.82, 2.24) is 0 Å². The van der Waals surface area contributed by atoms with E-state index in [9.17, 15) is 0 Å². The molecule has 0 radical (unpaired) electrons. The molecule has 0 aliphatic heterocycles. The Hall–Kier alpha value is -4.00. The minimum atomic E-state index is -0.556. The molecule has 35 heavy (non-hydrogen) atoms. The monoisotopic (exact) mass is 468 g/mol.